The van der Waals surface area contributed by atoms with Crippen LogP contribution in [0.1, 0.15) is 103 Å². The Labute approximate surface area is 128 Å². The van der Waals surface area contributed by atoms with Crippen molar-refractivity contribution in [2.45, 2.75) is 103 Å². The van der Waals surface area contributed by atoms with Crippen molar-refractivity contribution < 1.29 is 0 Å². The fourth-order valence-corrected chi connectivity index (χ4v) is 3.87. The van der Waals surface area contributed by atoms with Gasteiger partial charge in [-0.25, -0.2) is 0 Å². The SMILES string of the molecule is C#CCCCCC[C@H]1CCC[C@@H]1CCCCCCCC. The number of unbranched alkanes of at least 4 members (excludes halogenated alkanes) is 8. The lowest BCUT2D eigenvalue weighted by Crippen LogP contribution is -2.08. The summed E-state index contributed by atoms with van der Waals surface area (Å²) in [4.78, 5) is 0. The van der Waals surface area contributed by atoms with Crippen molar-refractivity contribution in [3.63, 3.8) is 0 Å². The summed E-state index contributed by atoms with van der Waals surface area (Å²) < 4.78 is 0. The Bertz CT molecular complexity index is 247. The van der Waals surface area contributed by atoms with Gasteiger partial charge in [0, 0.05) is 6.42 Å². The van der Waals surface area contributed by atoms with Gasteiger partial charge in [-0.2, -0.15) is 0 Å². The highest BCUT2D eigenvalue weighted by atomic mass is 14.3. The summed E-state index contributed by atoms with van der Waals surface area (Å²) >= 11 is 0. The van der Waals surface area contributed by atoms with Crippen molar-refractivity contribution >= 4 is 0 Å². The van der Waals surface area contributed by atoms with Crippen LogP contribution in [0.3, 0.4) is 0 Å². The highest BCUT2D eigenvalue weighted by molar-refractivity contribution is 4.83. The van der Waals surface area contributed by atoms with Crippen LogP contribution < -0.4 is 0 Å². The minimum Gasteiger partial charge on any atom is -0.120 e. The van der Waals surface area contributed by atoms with E-state index in [1.54, 1.807) is 0 Å². The zero-order chi connectivity index (χ0) is 14.5. The second-order valence-electron chi connectivity index (χ2n) is 6.81. The first-order chi connectivity index (χ1) is 9.88. The molecule has 116 valence electrons. The predicted octanol–water partition coefficient (Wildman–Crippen LogP) is 6.74. The fraction of sp³-hybridized carbons (Fsp3) is 0.900. The predicted molar refractivity (Wildman–Crippen MR) is 90.7 cm³/mol. The maximum absolute atomic E-state index is 5.30. The molecule has 1 saturated carbocycles. The maximum atomic E-state index is 5.30. The van der Waals surface area contributed by atoms with Gasteiger partial charge in [-0.15, -0.1) is 12.3 Å². The van der Waals surface area contributed by atoms with Crippen molar-refractivity contribution in [1.29, 1.82) is 0 Å². The molecule has 0 N–H and O–H groups in total. The summed E-state index contributed by atoms with van der Waals surface area (Å²) in [7, 11) is 0. The molecule has 0 heteroatoms. The molecule has 0 bridgehead atoms. The molecule has 1 rings (SSSR count). The summed E-state index contributed by atoms with van der Waals surface area (Å²) in [5, 5.41) is 0. The summed E-state index contributed by atoms with van der Waals surface area (Å²) in [6.45, 7) is 2.30. The zero-order valence-electron chi connectivity index (χ0n) is 13.8. The first-order valence-electron chi connectivity index (χ1n) is 9.32. The van der Waals surface area contributed by atoms with Gasteiger partial charge in [-0.05, 0) is 18.3 Å². The van der Waals surface area contributed by atoms with Crippen LogP contribution in [-0.4, -0.2) is 0 Å². The van der Waals surface area contributed by atoms with E-state index in [-0.39, 0.29) is 0 Å². The number of rotatable bonds is 12. The van der Waals surface area contributed by atoms with Crippen molar-refractivity contribution in [3.05, 3.63) is 0 Å². The first kappa shape index (κ1) is 17.6. The molecule has 0 unspecified atom stereocenters. The summed E-state index contributed by atoms with van der Waals surface area (Å²) in [6, 6.07) is 0. The molecule has 2 atom stereocenters. The lowest BCUT2D eigenvalue weighted by molar-refractivity contribution is 0.323. The van der Waals surface area contributed by atoms with Gasteiger partial charge in [-0.1, -0.05) is 90.4 Å². The summed E-state index contributed by atoms with van der Waals surface area (Å²) in [5.41, 5.74) is 0. The third-order valence-corrected chi connectivity index (χ3v) is 5.14. The van der Waals surface area contributed by atoms with Crippen LogP contribution in [-0.2, 0) is 0 Å². The van der Waals surface area contributed by atoms with Gasteiger partial charge in [0.05, 0.1) is 0 Å². The van der Waals surface area contributed by atoms with Crippen LogP contribution in [0.2, 0.25) is 0 Å². The molecule has 0 aliphatic heterocycles. The molecule has 0 aromatic carbocycles. The van der Waals surface area contributed by atoms with E-state index in [1.165, 1.54) is 89.9 Å². The van der Waals surface area contributed by atoms with Gasteiger partial charge < -0.3 is 0 Å². The molecule has 0 nitrogen and oxygen atoms in total. The molecule has 1 aliphatic carbocycles. The first-order valence-corrected chi connectivity index (χ1v) is 9.32. The number of hydrogen-bond acceptors (Lipinski definition) is 0. The third-order valence-electron chi connectivity index (χ3n) is 5.14. The highest BCUT2D eigenvalue weighted by Gasteiger charge is 2.25. The van der Waals surface area contributed by atoms with Crippen LogP contribution >= 0.6 is 0 Å². The molecule has 1 fully saturated rings. The Morgan fingerprint density at radius 2 is 1.35 bits per heavy atom. The van der Waals surface area contributed by atoms with Gasteiger partial charge in [0.2, 0.25) is 0 Å². The lowest BCUT2D eigenvalue weighted by atomic mass is 9.87. The Hall–Kier alpha value is -0.440. The standard InChI is InChI=1S/C20H36/c1-3-5-7-9-11-13-16-20-18-14-17-19(20)15-12-10-8-6-4-2/h2,19-20H,3,5-18H2,1H3/t19-,20-/m0/s1. The Morgan fingerprint density at radius 3 is 1.95 bits per heavy atom. The van der Waals surface area contributed by atoms with E-state index >= 15 is 0 Å². The van der Waals surface area contributed by atoms with Crippen LogP contribution in [0.25, 0.3) is 0 Å². The highest BCUT2D eigenvalue weighted by Crippen LogP contribution is 2.38. The van der Waals surface area contributed by atoms with E-state index in [2.05, 4.69) is 12.8 Å². The Kier molecular flexibility index (Phi) is 10.8. The quantitative estimate of drug-likeness (QED) is 0.273. The molecule has 0 aromatic heterocycles. The van der Waals surface area contributed by atoms with E-state index in [0.717, 1.165) is 18.3 Å². The van der Waals surface area contributed by atoms with Crippen molar-refractivity contribution in [1.82, 2.24) is 0 Å². The van der Waals surface area contributed by atoms with Gasteiger partial charge >= 0.3 is 0 Å². The maximum Gasteiger partial charge on any atom is 0.00860 e. The Balaban J connectivity index is 2.01. The van der Waals surface area contributed by atoms with E-state index in [4.69, 9.17) is 6.42 Å². The second kappa shape index (κ2) is 12.3. The summed E-state index contributed by atoms with van der Waals surface area (Å²) in [6.07, 6.45) is 26.5. The second-order valence-corrected chi connectivity index (χ2v) is 6.81. The minimum absolute atomic E-state index is 0.978. The topological polar surface area (TPSA) is 0 Å². The van der Waals surface area contributed by atoms with Crippen molar-refractivity contribution in [3.8, 4) is 12.3 Å². The van der Waals surface area contributed by atoms with Gasteiger partial charge in [0.25, 0.3) is 0 Å². The van der Waals surface area contributed by atoms with Crippen LogP contribution in [0.15, 0.2) is 0 Å². The molecule has 0 saturated heterocycles. The molecule has 0 aromatic rings. The molecular formula is C20H36. The van der Waals surface area contributed by atoms with Gasteiger partial charge in [0.15, 0.2) is 0 Å². The van der Waals surface area contributed by atoms with E-state index in [1.807, 2.05) is 0 Å². The van der Waals surface area contributed by atoms with Crippen LogP contribution in [0.5, 0.6) is 0 Å². The molecule has 0 heterocycles. The largest absolute Gasteiger partial charge is 0.120 e. The molecule has 0 radical (unpaired) electrons. The van der Waals surface area contributed by atoms with E-state index in [9.17, 15) is 0 Å². The number of hydrogen-bond donors (Lipinski definition) is 0. The molecule has 0 amide bonds. The van der Waals surface area contributed by atoms with E-state index in [0.29, 0.717) is 0 Å². The van der Waals surface area contributed by atoms with Crippen LogP contribution in [0.4, 0.5) is 0 Å². The monoisotopic (exact) mass is 276 g/mol. The molecule has 0 spiro atoms. The van der Waals surface area contributed by atoms with E-state index < -0.39 is 0 Å². The average Bonchev–Trinajstić information content (AvgIpc) is 2.90. The van der Waals surface area contributed by atoms with Crippen LogP contribution in [0, 0.1) is 24.2 Å². The normalized spacial score (nSPS) is 22.0. The fourth-order valence-electron chi connectivity index (χ4n) is 3.87. The van der Waals surface area contributed by atoms with Gasteiger partial charge in [0.1, 0.15) is 0 Å². The lowest BCUT2D eigenvalue weighted by Gasteiger charge is -2.19. The smallest absolute Gasteiger partial charge is 0.00860 e. The molecular weight excluding hydrogens is 240 g/mol. The van der Waals surface area contributed by atoms with Crippen molar-refractivity contribution in [2.75, 3.05) is 0 Å². The minimum atomic E-state index is 0.978. The molecule has 20 heavy (non-hydrogen) atoms. The third kappa shape index (κ3) is 7.98. The Morgan fingerprint density at radius 1 is 0.800 bits per heavy atom. The van der Waals surface area contributed by atoms with Crippen molar-refractivity contribution in [2.24, 2.45) is 11.8 Å². The summed E-state index contributed by atoms with van der Waals surface area (Å²) in [5.74, 6) is 4.87. The van der Waals surface area contributed by atoms with Gasteiger partial charge in [-0.3, -0.25) is 0 Å². The average molecular weight is 277 g/mol. The number of terminal acetylenes is 1. The molecule has 1 aliphatic rings. The zero-order valence-corrected chi connectivity index (χ0v) is 13.8.